The number of hydrogen-bond acceptors (Lipinski definition) is 2. The summed E-state index contributed by atoms with van der Waals surface area (Å²) < 4.78 is 13.7. The maximum atomic E-state index is 13.7. The first-order chi connectivity index (χ1) is 10.1. The van der Waals surface area contributed by atoms with Crippen LogP contribution >= 0.6 is 0 Å². The smallest absolute Gasteiger partial charge is 0.328 e. The summed E-state index contributed by atoms with van der Waals surface area (Å²) in [5, 5.41) is 8.66. The highest BCUT2D eigenvalue weighted by Crippen LogP contribution is 2.35. The fourth-order valence-electron chi connectivity index (χ4n) is 2.68. The Bertz CT molecular complexity index is 562. The van der Waals surface area contributed by atoms with Crippen LogP contribution in [0.4, 0.5) is 4.39 Å². The molecule has 0 spiro atoms. The van der Waals surface area contributed by atoms with Crippen LogP contribution in [-0.4, -0.2) is 28.6 Å². The molecule has 2 saturated carbocycles. The molecule has 21 heavy (non-hydrogen) atoms. The molecule has 3 nitrogen and oxygen atoms in total. The lowest BCUT2D eigenvalue weighted by molar-refractivity contribution is -0.131. The van der Waals surface area contributed by atoms with Gasteiger partial charge in [-0.15, -0.1) is 0 Å². The predicted molar refractivity (Wildman–Crippen MR) is 79.2 cm³/mol. The SMILES string of the molecule is O=C(O)C=Cc1cc(F)cc(CN(CC2CC2)C2CC2)c1. The Morgan fingerprint density at radius 3 is 2.67 bits per heavy atom. The van der Waals surface area contributed by atoms with Gasteiger partial charge in [-0.05, 0) is 60.9 Å². The van der Waals surface area contributed by atoms with Gasteiger partial charge < -0.3 is 5.11 Å². The van der Waals surface area contributed by atoms with Gasteiger partial charge in [0, 0.05) is 25.2 Å². The third-order valence-corrected chi connectivity index (χ3v) is 4.04. The molecule has 0 heterocycles. The van der Waals surface area contributed by atoms with Crippen molar-refractivity contribution in [3.05, 3.63) is 41.2 Å². The number of carboxylic acids is 1. The average molecular weight is 289 g/mol. The van der Waals surface area contributed by atoms with E-state index >= 15 is 0 Å². The van der Waals surface area contributed by atoms with E-state index in [1.807, 2.05) is 6.07 Å². The fraction of sp³-hybridized carbons (Fsp3) is 0.471. The van der Waals surface area contributed by atoms with Gasteiger partial charge in [0.05, 0.1) is 0 Å². The molecule has 2 fully saturated rings. The highest BCUT2D eigenvalue weighted by molar-refractivity contribution is 5.85. The van der Waals surface area contributed by atoms with Crippen molar-refractivity contribution >= 4 is 12.0 Å². The number of carbonyl (C=O) groups is 1. The van der Waals surface area contributed by atoms with Crippen LogP contribution in [0, 0.1) is 11.7 Å². The average Bonchev–Trinajstić information content (AvgIpc) is 3.27. The number of benzene rings is 1. The second-order valence-electron chi connectivity index (χ2n) is 6.17. The summed E-state index contributed by atoms with van der Waals surface area (Å²) in [6.45, 7) is 1.87. The highest BCUT2D eigenvalue weighted by atomic mass is 19.1. The Hall–Kier alpha value is -1.68. The van der Waals surface area contributed by atoms with E-state index in [0.29, 0.717) is 11.6 Å². The normalized spacial score (nSPS) is 18.6. The first kappa shape index (κ1) is 14.3. The maximum absolute atomic E-state index is 13.7. The Morgan fingerprint density at radius 1 is 1.29 bits per heavy atom. The van der Waals surface area contributed by atoms with Crippen LogP contribution in [0.1, 0.15) is 36.8 Å². The molecule has 3 rings (SSSR count). The van der Waals surface area contributed by atoms with Gasteiger partial charge in [0.1, 0.15) is 5.82 Å². The maximum Gasteiger partial charge on any atom is 0.328 e. The lowest BCUT2D eigenvalue weighted by Gasteiger charge is -2.22. The van der Waals surface area contributed by atoms with Crippen LogP contribution < -0.4 is 0 Å². The van der Waals surface area contributed by atoms with Crippen LogP contribution in [0.2, 0.25) is 0 Å². The molecule has 0 unspecified atom stereocenters. The minimum absolute atomic E-state index is 0.306. The van der Waals surface area contributed by atoms with Gasteiger partial charge >= 0.3 is 5.97 Å². The summed E-state index contributed by atoms with van der Waals surface area (Å²) in [6.07, 6.45) is 7.61. The zero-order valence-corrected chi connectivity index (χ0v) is 12.0. The molecule has 0 radical (unpaired) electrons. The summed E-state index contributed by atoms with van der Waals surface area (Å²) in [6, 6.07) is 5.46. The first-order valence-electron chi connectivity index (χ1n) is 7.54. The van der Waals surface area contributed by atoms with Gasteiger partial charge in [-0.25, -0.2) is 9.18 Å². The zero-order valence-electron chi connectivity index (χ0n) is 12.0. The van der Waals surface area contributed by atoms with Crippen LogP contribution in [0.5, 0.6) is 0 Å². The molecule has 1 aromatic carbocycles. The van der Waals surface area contributed by atoms with Crippen molar-refractivity contribution in [2.75, 3.05) is 6.54 Å². The second kappa shape index (κ2) is 5.98. The molecule has 0 amide bonds. The molecular weight excluding hydrogens is 269 g/mol. The summed E-state index contributed by atoms with van der Waals surface area (Å²) in [7, 11) is 0. The van der Waals surface area contributed by atoms with Crippen molar-refractivity contribution in [2.45, 2.75) is 38.3 Å². The van der Waals surface area contributed by atoms with E-state index in [4.69, 9.17) is 5.11 Å². The quantitative estimate of drug-likeness (QED) is 0.783. The van der Waals surface area contributed by atoms with Crippen LogP contribution in [0.25, 0.3) is 6.08 Å². The Labute approximate surface area is 124 Å². The number of hydrogen-bond donors (Lipinski definition) is 1. The molecule has 1 aromatic rings. The van der Waals surface area contributed by atoms with Crippen LogP contribution in [0.3, 0.4) is 0 Å². The summed E-state index contributed by atoms with van der Waals surface area (Å²) in [5.41, 5.74) is 1.53. The van der Waals surface area contributed by atoms with E-state index < -0.39 is 5.97 Å². The lowest BCUT2D eigenvalue weighted by Crippen LogP contribution is -2.27. The van der Waals surface area contributed by atoms with Gasteiger partial charge in [0.15, 0.2) is 0 Å². The van der Waals surface area contributed by atoms with E-state index in [-0.39, 0.29) is 5.82 Å². The minimum Gasteiger partial charge on any atom is -0.478 e. The molecule has 0 atom stereocenters. The number of carboxylic acid groups (broad SMARTS) is 1. The Balaban J connectivity index is 1.72. The second-order valence-corrected chi connectivity index (χ2v) is 6.17. The molecule has 0 aliphatic heterocycles. The summed E-state index contributed by atoms with van der Waals surface area (Å²) in [5.74, 6) is -0.501. The summed E-state index contributed by atoms with van der Waals surface area (Å²) >= 11 is 0. The first-order valence-corrected chi connectivity index (χ1v) is 7.54. The van der Waals surface area contributed by atoms with Crippen LogP contribution in [0.15, 0.2) is 24.3 Å². The molecule has 2 aliphatic carbocycles. The van der Waals surface area contributed by atoms with Crippen molar-refractivity contribution in [2.24, 2.45) is 5.92 Å². The number of halogens is 1. The molecular formula is C17H20FNO2. The highest BCUT2D eigenvalue weighted by Gasteiger charge is 2.33. The zero-order chi connectivity index (χ0) is 14.8. The van der Waals surface area contributed by atoms with Gasteiger partial charge in [-0.3, -0.25) is 4.90 Å². The van der Waals surface area contributed by atoms with Crippen molar-refractivity contribution in [3.8, 4) is 0 Å². The van der Waals surface area contributed by atoms with Gasteiger partial charge in [-0.1, -0.05) is 6.07 Å². The third kappa shape index (κ3) is 4.39. The van der Waals surface area contributed by atoms with Gasteiger partial charge in [0.25, 0.3) is 0 Å². The van der Waals surface area contributed by atoms with Crippen molar-refractivity contribution in [1.82, 2.24) is 4.90 Å². The standard InChI is InChI=1S/C17H20FNO2/c18-15-8-13(3-6-17(20)21)7-14(9-15)11-19(16-4-5-16)10-12-1-2-12/h3,6-9,12,16H,1-2,4-5,10-11H2,(H,20,21). The van der Waals surface area contributed by atoms with E-state index in [9.17, 15) is 9.18 Å². The molecule has 0 saturated heterocycles. The topological polar surface area (TPSA) is 40.5 Å². The lowest BCUT2D eigenvalue weighted by atomic mass is 10.1. The monoisotopic (exact) mass is 289 g/mol. The van der Waals surface area contributed by atoms with E-state index in [1.165, 1.54) is 37.8 Å². The number of rotatable bonds is 7. The Kier molecular flexibility index (Phi) is 4.06. The van der Waals surface area contributed by atoms with Crippen molar-refractivity contribution in [1.29, 1.82) is 0 Å². The third-order valence-electron chi connectivity index (χ3n) is 4.04. The molecule has 112 valence electrons. The number of nitrogens with zero attached hydrogens (tertiary/aromatic N) is 1. The van der Waals surface area contributed by atoms with Gasteiger partial charge in [-0.2, -0.15) is 0 Å². The van der Waals surface area contributed by atoms with E-state index in [1.54, 1.807) is 6.07 Å². The van der Waals surface area contributed by atoms with E-state index in [0.717, 1.165) is 30.6 Å². The van der Waals surface area contributed by atoms with Crippen molar-refractivity contribution in [3.63, 3.8) is 0 Å². The Morgan fingerprint density at radius 2 is 2.05 bits per heavy atom. The molecule has 1 N–H and O–H groups in total. The molecule has 2 aliphatic rings. The van der Waals surface area contributed by atoms with Gasteiger partial charge in [0.2, 0.25) is 0 Å². The largest absolute Gasteiger partial charge is 0.478 e. The predicted octanol–water partition coefficient (Wildman–Crippen LogP) is 3.30. The minimum atomic E-state index is -1.02. The van der Waals surface area contributed by atoms with Crippen LogP contribution in [-0.2, 0) is 11.3 Å². The molecule has 4 heteroatoms. The summed E-state index contributed by atoms with van der Waals surface area (Å²) in [4.78, 5) is 13.0. The molecule has 0 bridgehead atoms. The number of aliphatic carboxylic acids is 1. The van der Waals surface area contributed by atoms with Crippen molar-refractivity contribution < 1.29 is 14.3 Å². The fourth-order valence-corrected chi connectivity index (χ4v) is 2.68. The van der Waals surface area contributed by atoms with E-state index in [2.05, 4.69) is 4.90 Å². The molecule has 0 aromatic heterocycles.